The zero-order valence-corrected chi connectivity index (χ0v) is 9.87. The SMILES string of the molecule is CC1COCCN1C(CN)c1cccs1. The van der Waals surface area contributed by atoms with E-state index in [1.807, 2.05) is 0 Å². The van der Waals surface area contributed by atoms with Gasteiger partial charge in [-0.1, -0.05) is 6.07 Å². The number of nitrogens with two attached hydrogens (primary N) is 1. The molecule has 0 amide bonds. The van der Waals surface area contributed by atoms with Crippen LogP contribution < -0.4 is 5.73 Å². The predicted molar refractivity (Wildman–Crippen MR) is 63.1 cm³/mol. The second kappa shape index (κ2) is 5.07. The van der Waals surface area contributed by atoms with Crippen LogP contribution in [-0.4, -0.2) is 37.2 Å². The lowest BCUT2D eigenvalue weighted by molar-refractivity contribution is -0.0202. The third kappa shape index (κ3) is 2.39. The van der Waals surface area contributed by atoms with Crippen LogP contribution in [0.3, 0.4) is 0 Å². The number of hydrogen-bond acceptors (Lipinski definition) is 4. The molecule has 84 valence electrons. The molecule has 0 saturated carbocycles. The summed E-state index contributed by atoms with van der Waals surface area (Å²) in [4.78, 5) is 3.82. The fourth-order valence-corrected chi connectivity index (χ4v) is 2.96. The van der Waals surface area contributed by atoms with Crippen LogP contribution in [0.15, 0.2) is 17.5 Å². The molecule has 2 unspecified atom stereocenters. The van der Waals surface area contributed by atoms with Gasteiger partial charge in [0.05, 0.1) is 19.3 Å². The molecule has 1 aromatic rings. The Bertz CT molecular complexity index is 289. The van der Waals surface area contributed by atoms with Gasteiger partial charge in [-0.3, -0.25) is 4.90 Å². The van der Waals surface area contributed by atoms with Crippen molar-refractivity contribution in [3.8, 4) is 0 Å². The van der Waals surface area contributed by atoms with Crippen molar-refractivity contribution in [3.63, 3.8) is 0 Å². The van der Waals surface area contributed by atoms with E-state index in [9.17, 15) is 0 Å². The van der Waals surface area contributed by atoms with Gasteiger partial charge in [-0.25, -0.2) is 0 Å². The molecular weight excluding hydrogens is 208 g/mol. The number of nitrogens with zero attached hydrogens (tertiary/aromatic N) is 1. The van der Waals surface area contributed by atoms with Gasteiger partial charge in [-0.15, -0.1) is 11.3 Å². The van der Waals surface area contributed by atoms with Crippen LogP contribution in [0.1, 0.15) is 17.8 Å². The fraction of sp³-hybridized carbons (Fsp3) is 0.636. The smallest absolute Gasteiger partial charge is 0.0620 e. The van der Waals surface area contributed by atoms with Gasteiger partial charge >= 0.3 is 0 Å². The standard InChI is InChI=1S/C11H18N2OS/c1-9-8-14-5-4-13(9)10(7-12)11-3-2-6-15-11/h2-3,6,9-10H,4-5,7-8,12H2,1H3. The van der Waals surface area contributed by atoms with Crippen LogP contribution >= 0.6 is 11.3 Å². The molecule has 2 N–H and O–H groups in total. The summed E-state index contributed by atoms with van der Waals surface area (Å²) in [6.45, 7) is 5.52. The number of hydrogen-bond donors (Lipinski definition) is 1. The van der Waals surface area contributed by atoms with Crippen molar-refractivity contribution in [2.45, 2.75) is 19.0 Å². The van der Waals surface area contributed by atoms with Gasteiger partial charge in [-0.05, 0) is 18.4 Å². The van der Waals surface area contributed by atoms with Crippen molar-refractivity contribution in [1.29, 1.82) is 0 Å². The highest BCUT2D eigenvalue weighted by Crippen LogP contribution is 2.27. The summed E-state index contributed by atoms with van der Waals surface area (Å²) in [5.41, 5.74) is 5.88. The Morgan fingerprint density at radius 2 is 2.60 bits per heavy atom. The van der Waals surface area contributed by atoms with Crippen molar-refractivity contribution < 1.29 is 4.74 Å². The Morgan fingerprint density at radius 1 is 1.73 bits per heavy atom. The molecule has 1 aliphatic rings. The molecule has 15 heavy (non-hydrogen) atoms. The van der Waals surface area contributed by atoms with Gasteiger partial charge in [0.15, 0.2) is 0 Å². The maximum Gasteiger partial charge on any atom is 0.0620 e. The van der Waals surface area contributed by atoms with E-state index < -0.39 is 0 Å². The van der Waals surface area contributed by atoms with Crippen molar-refractivity contribution in [2.24, 2.45) is 5.73 Å². The van der Waals surface area contributed by atoms with E-state index in [0.29, 0.717) is 18.6 Å². The summed E-state index contributed by atoms with van der Waals surface area (Å²) >= 11 is 1.79. The van der Waals surface area contributed by atoms with Crippen molar-refractivity contribution >= 4 is 11.3 Å². The molecular formula is C11H18N2OS. The average Bonchev–Trinajstić information content (AvgIpc) is 2.75. The van der Waals surface area contributed by atoms with Crippen LogP contribution in [0.2, 0.25) is 0 Å². The zero-order chi connectivity index (χ0) is 10.7. The summed E-state index contributed by atoms with van der Waals surface area (Å²) in [7, 11) is 0. The molecule has 0 aromatic carbocycles. The number of thiophene rings is 1. The first kappa shape index (κ1) is 11.1. The molecule has 1 fully saturated rings. The quantitative estimate of drug-likeness (QED) is 0.848. The first-order valence-electron chi connectivity index (χ1n) is 5.40. The Hall–Kier alpha value is -0.420. The van der Waals surface area contributed by atoms with Gasteiger partial charge in [0.2, 0.25) is 0 Å². The summed E-state index contributed by atoms with van der Waals surface area (Å²) in [5.74, 6) is 0. The second-order valence-electron chi connectivity index (χ2n) is 3.93. The second-order valence-corrected chi connectivity index (χ2v) is 4.91. The van der Waals surface area contributed by atoms with Gasteiger partial charge < -0.3 is 10.5 Å². The largest absolute Gasteiger partial charge is 0.379 e. The highest BCUT2D eigenvalue weighted by Gasteiger charge is 2.27. The van der Waals surface area contributed by atoms with Gasteiger partial charge in [-0.2, -0.15) is 0 Å². The third-order valence-corrected chi connectivity index (χ3v) is 3.89. The van der Waals surface area contributed by atoms with Gasteiger partial charge in [0.25, 0.3) is 0 Å². The van der Waals surface area contributed by atoms with Crippen molar-refractivity contribution in [3.05, 3.63) is 22.4 Å². The Kier molecular flexibility index (Phi) is 3.75. The summed E-state index contributed by atoms with van der Waals surface area (Å²) < 4.78 is 5.44. The van der Waals surface area contributed by atoms with Gasteiger partial charge in [0, 0.05) is 24.0 Å². The lowest BCUT2D eigenvalue weighted by atomic mass is 10.1. The van der Waals surface area contributed by atoms with Crippen molar-refractivity contribution in [1.82, 2.24) is 4.90 Å². The number of morpholine rings is 1. The highest BCUT2D eigenvalue weighted by atomic mass is 32.1. The first-order chi connectivity index (χ1) is 7.33. The molecule has 0 spiro atoms. The lowest BCUT2D eigenvalue weighted by Crippen LogP contribution is -2.47. The molecule has 0 aliphatic carbocycles. The van der Waals surface area contributed by atoms with E-state index in [1.54, 1.807) is 11.3 Å². The molecule has 1 saturated heterocycles. The van der Waals surface area contributed by atoms with Gasteiger partial charge in [0.1, 0.15) is 0 Å². The Morgan fingerprint density at radius 3 is 3.20 bits per heavy atom. The fourth-order valence-electron chi connectivity index (χ4n) is 2.10. The minimum Gasteiger partial charge on any atom is -0.379 e. The monoisotopic (exact) mass is 226 g/mol. The van der Waals surface area contributed by atoms with E-state index in [1.165, 1.54) is 4.88 Å². The predicted octanol–water partition coefficient (Wildman–Crippen LogP) is 1.47. The van der Waals surface area contributed by atoms with E-state index in [4.69, 9.17) is 10.5 Å². The summed E-state index contributed by atoms with van der Waals surface area (Å²) in [6.07, 6.45) is 0. The molecule has 1 aromatic heterocycles. The van der Waals surface area contributed by atoms with E-state index in [-0.39, 0.29) is 0 Å². The van der Waals surface area contributed by atoms with Crippen LogP contribution in [0.4, 0.5) is 0 Å². The number of rotatable bonds is 3. The normalized spacial score (nSPS) is 25.3. The van der Waals surface area contributed by atoms with Crippen LogP contribution in [0.5, 0.6) is 0 Å². The minimum atomic E-state index is 0.365. The van der Waals surface area contributed by atoms with Crippen LogP contribution in [0.25, 0.3) is 0 Å². The molecule has 2 atom stereocenters. The van der Waals surface area contributed by atoms with Crippen LogP contribution in [0, 0.1) is 0 Å². The van der Waals surface area contributed by atoms with E-state index in [0.717, 1.165) is 19.8 Å². The van der Waals surface area contributed by atoms with Crippen molar-refractivity contribution in [2.75, 3.05) is 26.3 Å². The molecule has 4 heteroatoms. The topological polar surface area (TPSA) is 38.5 Å². The maximum absolute atomic E-state index is 5.88. The van der Waals surface area contributed by atoms with E-state index in [2.05, 4.69) is 29.3 Å². The highest BCUT2D eigenvalue weighted by molar-refractivity contribution is 7.10. The summed E-state index contributed by atoms with van der Waals surface area (Å²) in [5, 5.41) is 2.11. The molecule has 2 heterocycles. The maximum atomic E-state index is 5.88. The third-order valence-electron chi connectivity index (χ3n) is 2.91. The molecule has 2 rings (SSSR count). The lowest BCUT2D eigenvalue weighted by Gasteiger charge is -2.38. The Labute approximate surface area is 94.8 Å². The van der Waals surface area contributed by atoms with E-state index >= 15 is 0 Å². The minimum absolute atomic E-state index is 0.365. The first-order valence-corrected chi connectivity index (χ1v) is 6.28. The van der Waals surface area contributed by atoms with Crippen LogP contribution in [-0.2, 0) is 4.74 Å². The summed E-state index contributed by atoms with van der Waals surface area (Å²) in [6, 6.07) is 5.09. The average molecular weight is 226 g/mol. The number of ether oxygens (including phenoxy) is 1. The zero-order valence-electron chi connectivity index (χ0n) is 9.06. The molecule has 3 nitrogen and oxygen atoms in total. The molecule has 0 bridgehead atoms. The molecule has 0 radical (unpaired) electrons. The Balaban J connectivity index is 2.11. The molecule has 1 aliphatic heterocycles.